The molecule has 0 aliphatic carbocycles. The van der Waals surface area contributed by atoms with Gasteiger partial charge in [0, 0.05) is 18.3 Å². The summed E-state index contributed by atoms with van der Waals surface area (Å²) in [5.74, 6) is 1.02. The van der Waals surface area contributed by atoms with Gasteiger partial charge in [-0.1, -0.05) is 18.2 Å². The molecule has 0 saturated carbocycles. The molecule has 2 rings (SSSR count). The highest BCUT2D eigenvalue weighted by Crippen LogP contribution is 2.37. The predicted molar refractivity (Wildman–Crippen MR) is 87.6 cm³/mol. The van der Waals surface area contributed by atoms with Gasteiger partial charge in [0.1, 0.15) is 34.5 Å². The van der Waals surface area contributed by atoms with Gasteiger partial charge in [-0.15, -0.1) is 0 Å². The highest BCUT2D eigenvalue weighted by molar-refractivity contribution is 6.32. The van der Waals surface area contributed by atoms with Crippen molar-refractivity contribution in [1.82, 2.24) is 9.66 Å². The van der Waals surface area contributed by atoms with Crippen molar-refractivity contribution in [2.45, 2.75) is 19.1 Å². The van der Waals surface area contributed by atoms with Crippen LogP contribution in [0.5, 0.6) is 0 Å². The first kappa shape index (κ1) is 20.6. The molecule has 0 bridgehead atoms. The van der Waals surface area contributed by atoms with Crippen molar-refractivity contribution < 1.29 is 26.3 Å². The Morgan fingerprint density at radius 2 is 1.81 bits per heavy atom. The average Bonchev–Trinajstić information content (AvgIpc) is 2.52. The lowest BCUT2D eigenvalue weighted by molar-refractivity contribution is -0.138. The largest absolute Gasteiger partial charge is 0.408 e. The number of nitrogen functional groups attached to an aromatic ring is 1. The van der Waals surface area contributed by atoms with Crippen LogP contribution in [-0.4, -0.2) is 21.9 Å². The monoisotopic (exact) mass is 411 g/mol. The molecule has 5 nitrogen and oxygen atoms in total. The summed E-state index contributed by atoms with van der Waals surface area (Å²) in [5.41, 5.74) is -1.93. The standard InChI is InChI=1S/C15H12ClF6N5/c1-3-24-14-26-12(16)11(10-8(18)4-7(17)5-9(10)19)13(27(14)23)25-6(2)15(20,21)22/h3-6,25H,1,23H2,2H3/t6-/m0/s1. The molecule has 0 unspecified atom stereocenters. The minimum Gasteiger partial charge on any atom is -0.358 e. The lowest BCUT2D eigenvalue weighted by atomic mass is 10.1. The zero-order chi connectivity index (χ0) is 20.5. The maximum absolute atomic E-state index is 14.2. The van der Waals surface area contributed by atoms with Gasteiger partial charge in [0.25, 0.3) is 5.62 Å². The number of alkyl halides is 3. The van der Waals surface area contributed by atoms with Gasteiger partial charge in [-0.25, -0.2) is 22.8 Å². The van der Waals surface area contributed by atoms with Crippen molar-refractivity contribution in [2.75, 3.05) is 11.2 Å². The fourth-order valence-corrected chi connectivity index (χ4v) is 2.38. The van der Waals surface area contributed by atoms with Gasteiger partial charge < -0.3 is 11.2 Å². The van der Waals surface area contributed by atoms with Crippen molar-refractivity contribution in [2.24, 2.45) is 4.99 Å². The summed E-state index contributed by atoms with van der Waals surface area (Å²) >= 11 is 5.94. The number of hydrogen-bond donors (Lipinski definition) is 2. The number of nitrogens with two attached hydrogens (primary N) is 1. The molecule has 27 heavy (non-hydrogen) atoms. The van der Waals surface area contributed by atoms with Crippen LogP contribution in [0.2, 0.25) is 5.15 Å². The first-order chi connectivity index (χ1) is 12.5. The minimum absolute atomic E-state index is 0.342. The van der Waals surface area contributed by atoms with Gasteiger partial charge in [0.05, 0.1) is 11.1 Å². The lowest BCUT2D eigenvalue weighted by Gasteiger charge is -2.23. The Kier molecular flexibility index (Phi) is 5.73. The highest BCUT2D eigenvalue weighted by Gasteiger charge is 2.37. The Hall–Kier alpha value is -2.69. The molecule has 0 amide bonds. The summed E-state index contributed by atoms with van der Waals surface area (Å²) in [7, 11) is 0. The number of benzene rings is 1. The van der Waals surface area contributed by atoms with Crippen molar-refractivity contribution >= 4 is 17.4 Å². The number of nitrogens with zero attached hydrogens (tertiary/aromatic N) is 3. The number of aromatic nitrogens is 2. The van der Waals surface area contributed by atoms with Crippen molar-refractivity contribution in [1.29, 1.82) is 0 Å². The molecule has 2 aromatic rings. The smallest absolute Gasteiger partial charge is 0.358 e. The van der Waals surface area contributed by atoms with E-state index in [1.165, 1.54) is 0 Å². The Morgan fingerprint density at radius 3 is 2.30 bits per heavy atom. The fourth-order valence-electron chi connectivity index (χ4n) is 2.12. The molecule has 1 atom stereocenters. The van der Waals surface area contributed by atoms with E-state index < -0.39 is 57.4 Å². The third-order valence-corrected chi connectivity index (χ3v) is 3.68. The second-order valence-electron chi connectivity index (χ2n) is 5.26. The summed E-state index contributed by atoms with van der Waals surface area (Å²) in [5, 5.41) is 1.38. The second-order valence-corrected chi connectivity index (χ2v) is 5.62. The molecule has 0 aliphatic heterocycles. The van der Waals surface area contributed by atoms with Crippen LogP contribution in [0.15, 0.2) is 29.9 Å². The van der Waals surface area contributed by atoms with Crippen molar-refractivity contribution in [3.8, 4) is 11.1 Å². The molecular formula is C15H12ClF6N5. The molecule has 1 aromatic carbocycles. The lowest BCUT2D eigenvalue weighted by Crippen LogP contribution is -2.39. The molecule has 3 N–H and O–H groups in total. The molecule has 146 valence electrons. The number of rotatable bonds is 4. The third kappa shape index (κ3) is 4.18. The Morgan fingerprint density at radius 1 is 1.26 bits per heavy atom. The van der Waals surface area contributed by atoms with Crippen LogP contribution >= 0.6 is 11.6 Å². The van der Waals surface area contributed by atoms with Gasteiger partial charge in [-0.05, 0) is 6.92 Å². The molecule has 1 aromatic heterocycles. The fraction of sp³-hybridized carbons (Fsp3) is 0.200. The summed E-state index contributed by atoms with van der Waals surface area (Å²) in [4.78, 5) is 7.32. The zero-order valence-corrected chi connectivity index (χ0v) is 14.3. The van der Waals surface area contributed by atoms with E-state index in [0.717, 1.165) is 13.1 Å². The third-order valence-electron chi connectivity index (χ3n) is 3.41. The molecule has 0 aliphatic rings. The van der Waals surface area contributed by atoms with E-state index in [9.17, 15) is 26.3 Å². The maximum atomic E-state index is 14.2. The van der Waals surface area contributed by atoms with E-state index in [-0.39, 0.29) is 0 Å². The summed E-state index contributed by atoms with van der Waals surface area (Å²) in [6.07, 6.45) is -3.74. The van der Waals surface area contributed by atoms with Crippen molar-refractivity contribution in [3.63, 3.8) is 0 Å². The molecule has 0 radical (unpaired) electrons. The van der Waals surface area contributed by atoms with E-state index in [1.54, 1.807) is 0 Å². The average molecular weight is 412 g/mol. The summed E-state index contributed by atoms with van der Waals surface area (Å²) < 4.78 is 81.0. The van der Waals surface area contributed by atoms with Crippen LogP contribution in [0.25, 0.3) is 11.1 Å². The topological polar surface area (TPSA) is 68.2 Å². The van der Waals surface area contributed by atoms with Crippen LogP contribution in [0.3, 0.4) is 0 Å². The van der Waals surface area contributed by atoms with E-state index in [0.29, 0.717) is 16.8 Å². The summed E-state index contributed by atoms with van der Waals surface area (Å²) in [6.45, 7) is 4.04. The van der Waals surface area contributed by atoms with Crippen LogP contribution in [0, 0.1) is 17.5 Å². The Bertz CT molecular complexity index is 930. The number of anilines is 1. The van der Waals surface area contributed by atoms with Crippen LogP contribution in [0.4, 0.5) is 32.2 Å². The molecule has 0 fully saturated rings. The Labute approximate surface area is 153 Å². The number of nitrogens with one attached hydrogen (secondary N) is 1. The highest BCUT2D eigenvalue weighted by atomic mass is 35.5. The Balaban J connectivity index is 2.87. The molecule has 12 heteroatoms. The molecule has 0 saturated heterocycles. The van der Waals surface area contributed by atoms with Gasteiger partial charge >= 0.3 is 6.18 Å². The normalized spacial score (nSPS) is 13.6. The van der Waals surface area contributed by atoms with E-state index >= 15 is 0 Å². The van der Waals surface area contributed by atoms with E-state index in [1.807, 2.05) is 5.32 Å². The number of hydrogen-bond acceptors (Lipinski definition) is 4. The van der Waals surface area contributed by atoms with Gasteiger partial charge in [-0.2, -0.15) is 18.2 Å². The predicted octanol–water partition coefficient (Wildman–Crippen LogP) is 3.74. The van der Waals surface area contributed by atoms with E-state index in [2.05, 4.69) is 16.6 Å². The second kappa shape index (κ2) is 7.51. The zero-order valence-electron chi connectivity index (χ0n) is 13.6. The van der Waals surface area contributed by atoms with Crippen molar-refractivity contribution in [3.05, 3.63) is 53.1 Å². The van der Waals surface area contributed by atoms with Crippen LogP contribution in [-0.2, 0) is 0 Å². The maximum Gasteiger partial charge on any atom is 0.408 e. The SMILES string of the molecule is C=CN=c1nc(Cl)c(-c2c(F)cc(F)cc2F)c(N[C@@H](C)C(F)(F)F)n1N. The van der Waals surface area contributed by atoms with Crippen LogP contribution in [0.1, 0.15) is 6.92 Å². The minimum atomic E-state index is -4.73. The summed E-state index contributed by atoms with van der Waals surface area (Å²) in [6, 6.07) is -1.50. The number of halogens is 7. The van der Waals surface area contributed by atoms with Crippen LogP contribution < -0.4 is 16.8 Å². The molecule has 0 spiro atoms. The molecular weight excluding hydrogens is 400 g/mol. The van der Waals surface area contributed by atoms with Gasteiger partial charge in [0.15, 0.2) is 0 Å². The first-order valence-corrected chi connectivity index (χ1v) is 7.55. The first-order valence-electron chi connectivity index (χ1n) is 7.17. The van der Waals surface area contributed by atoms with E-state index in [4.69, 9.17) is 17.4 Å². The quantitative estimate of drug-likeness (QED) is 0.457. The molecule has 1 heterocycles. The van der Waals surface area contributed by atoms with Gasteiger partial charge in [-0.3, -0.25) is 0 Å². The van der Waals surface area contributed by atoms with Gasteiger partial charge in [0.2, 0.25) is 0 Å².